The van der Waals surface area contributed by atoms with Crippen LogP contribution in [0.25, 0.3) is 0 Å². The van der Waals surface area contributed by atoms with Crippen molar-refractivity contribution in [2.45, 2.75) is 76.9 Å². The third kappa shape index (κ3) is 8.16. The number of sulfonamides is 1. The summed E-state index contributed by atoms with van der Waals surface area (Å²) in [4.78, 5) is 28.8. The molecule has 0 bridgehead atoms. The summed E-state index contributed by atoms with van der Waals surface area (Å²) in [5.74, 6) is -1.05. The van der Waals surface area contributed by atoms with Gasteiger partial charge in [-0.15, -0.1) is 0 Å². The van der Waals surface area contributed by atoms with E-state index in [2.05, 4.69) is 5.32 Å². The second-order valence-corrected chi connectivity index (χ2v) is 12.3. The molecule has 0 saturated carbocycles. The first-order valence-electron chi connectivity index (χ1n) is 14.0. The number of amides is 2. The minimum absolute atomic E-state index is 0.0110. The number of nitrogens with zero attached hydrogens (tertiary/aromatic N) is 2. The van der Waals surface area contributed by atoms with Crippen LogP contribution in [0.2, 0.25) is 0 Å². The highest BCUT2D eigenvalue weighted by Gasteiger charge is 2.34. The Balaban J connectivity index is 2.05. The van der Waals surface area contributed by atoms with Crippen LogP contribution in [0.3, 0.4) is 0 Å². The molecular formula is C32H40FN3O4S. The molecule has 0 unspecified atom stereocenters. The van der Waals surface area contributed by atoms with Gasteiger partial charge in [-0.25, -0.2) is 12.8 Å². The Labute approximate surface area is 243 Å². The average Bonchev–Trinajstić information content (AvgIpc) is 2.97. The van der Waals surface area contributed by atoms with Gasteiger partial charge in [-0.2, -0.15) is 0 Å². The number of carbonyl (C=O) groups excluding carboxylic acids is 2. The molecule has 0 aliphatic carbocycles. The number of rotatable bonds is 13. The largest absolute Gasteiger partial charge is 0.352 e. The number of anilines is 1. The zero-order chi connectivity index (χ0) is 30.2. The van der Waals surface area contributed by atoms with E-state index in [1.807, 2.05) is 39.8 Å². The van der Waals surface area contributed by atoms with E-state index >= 15 is 0 Å². The van der Waals surface area contributed by atoms with Crippen LogP contribution in [-0.2, 0) is 26.2 Å². The van der Waals surface area contributed by atoms with E-state index in [1.54, 1.807) is 49.4 Å². The lowest BCUT2D eigenvalue weighted by Gasteiger charge is -2.33. The number of nitrogens with one attached hydrogen (secondary N) is 1. The van der Waals surface area contributed by atoms with Crippen LogP contribution < -0.4 is 9.62 Å². The Bertz CT molecular complexity index is 1400. The van der Waals surface area contributed by atoms with Crippen LogP contribution in [0.15, 0.2) is 83.8 Å². The van der Waals surface area contributed by atoms with Crippen molar-refractivity contribution in [3.8, 4) is 0 Å². The van der Waals surface area contributed by atoms with Crippen molar-refractivity contribution < 1.29 is 22.4 Å². The van der Waals surface area contributed by atoms with Crippen molar-refractivity contribution in [1.29, 1.82) is 0 Å². The third-order valence-corrected chi connectivity index (χ3v) is 8.90. The van der Waals surface area contributed by atoms with Gasteiger partial charge < -0.3 is 10.2 Å². The molecule has 0 radical (unpaired) electrons. The van der Waals surface area contributed by atoms with E-state index in [4.69, 9.17) is 0 Å². The summed E-state index contributed by atoms with van der Waals surface area (Å²) in [5.41, 5.74) is 1.99. The molecule has 0 fully saturated rings. The molecule has 1 N–H and O–H groups in total. The van der Waals surface area contributed by atoms with Gasteiger partial charge in [0.1, 0.15) is 18.4 Å². The van der Waals surface area contributed by atoms with Crippen LogP contribution in [0, 0.1) is 5.82 Å². The molecule has 3 aromatic carbocycles. The van der Waals surface area contributed by atoms with Crippen LogP contribution >= 0.6 is 0 Å². The highest BCUT2D eigenvalue weighted by Crippen LogP contribution is 2.27. The number of benzene rings is 3. The van der Waals surface area contributed by atoms with E-state index in [-0.39, 0.29) is 29.3 Å². The van der Waals surface area contributed by atoms with Crippen molar-refractivity contribution in [1.82, 2.24) is 10.2 Å². The van der Waals surface area contributed by atoms with Gasteiger partial charge in [0, 0.05) is 12.6 Å². The monoisotopic (exact) mass is 581 g/mol. The Kier molecular flexibility index (Phi) is 11.1. The minimum atomic E-state index is -4.13. The first-order valence-corrected chi connectivity index (χ1v) is 15.4. The quantitative estimate of drug-likeness (QED) is 0.274. The number of halogens is 1. The standard InChI is InChI=1S/C32H40FN3O4S/c1-6-24(5)34-32(38)30(7-2)35(21-25-13-17-27(33)18-14-25)31(37)22-36(28-19-15-26(16-20-28)23(3)4)41(39,40)29-11-9-8-10-12-29/h8-20,23-24,30H,6-7,21-22H2,1-5H3,(H,34,38)/t24-,30-/m0/s1. The summed E-state index contributed by atoms with van der Waals surface area (Å²) in [6.07, 6.45) is 1.02. The molecule has 0 saturated heterocycles. The summed E-state index contributed by atoms with van der Waals surface area (Å²) in [7, 11) is -4.13. The summed E-state index contributed by atoms with van der Waals surface area (Å²) in [6, 6.07) is 19.8. The fraction of sp³-hybridized carbons (Fsp3) is 0.375. The molecule has 0 aromatic heterocycles. The average molecular weight is 582 g/mol. The maximum absolute atomic E-state index is 14.1. The second kappa shape index (κ2) is 14.3. The molecule has 3 rings (SSSR count). The molecule has 0 aliphatic rings. The van der Waals surface area contributed by atoms with Gasteiger partial charge in [0.05, 0.1) is 10.6 Å². The highest BCUT2D eigenvalue weighted by molar-refractivity contribution is 7.92. The summed E-state index contributed by atoms with van der Waals surface area (Å²) >= 11 is 0. The summed E-state index contributed by atoms with van der Waals surface area (Å²) in [6.45, 7) is 9.20. The molecule has 0 spiro atoms. The van der Waals surface area contributed by atoms with Crippen LogP contribution in [0.5, 0.6) is 0 Å². The topological polar surface area (TPSA) is 86.8 Å². The number of hydrogen-bond acceptors (Lipinski definition) is 4. The smallest absolute Gasteiger partial charge is 0.264 e. The van der Waals surface area contributed by atoms with E-state index in [0.29, 0.717) is 24.1 Å². The van der Waals surface area contributed by atoms with Gasteiger partial charge in [-0.3, -0.25) is 13.9 Å². The molecule has 41 heavy (non-hydrogen) atoms. The SMILES string of the molecule is CC[C@H](C)NC(=O)[C@H](CC)N(Cc1ccc(F)cc1)C(=O)CN(c1ccc(C(C)C)cc1)S(=O)(=O)c1ccccc1. The van der Waals surface area contributed by atoms with Gasteiger partial charge in [0.25, 0.3) is 10.0 Å². The zero-order valence-electron chi connectivity index (χ0n) is 24.4. The van der Waals surface area contributed by atoms with E-state index < -0.39 is 34.3 Å². The predicted molar refractivity (Wildman–Crippen MR) is 160 cm³/mol. The van der Waals surface area contributed by atoms with Gasteiger partial charge in [-0.05, 0) is 73.2 Å². The fourth-order valence-corrected chi connectivity index (χ4v) is 5.86. The molecular weight excluding hydrogens is 541 g/mol. The molecule has 9 heteroatoms. The highest BCUT2D eigenvalue weighted by atomic mass is 32.2. The first-order chi connectivity index (χ1) is 19.5. The van der Waals surface area contributed by atoms with Gasteiger partial charge in [-0.1, -0.05) is 70.2 Å². The number of hydrogen-bond donors (Lipinski definition) is 1. The normalized spacial score (nSPS) is 13.0. The Morgan fingerprint density at radius 3 is 2.00 bits per heavy atom. The minimum Gasteiger partial charge on any atom is -0.352 e. The van der Waals surface area contributed by atoms with Crippen molar-refractivity contribution in [2.24, 2.45) is 0 Å². The third-order valence-electron chi connectivity index (χ3n) is 7.11. The Morgan fingerprint density at radius 1 is 0.854 bits per heavy atom. The van der Waals surface area contributed by atoms with Crippen molar-refractivity contribution in [3.05, 3.63) is 95.8 Å². The van der Waals surface area contributed by atoms with Crippen LogP contribution in [-0.4, -0.2) is 43.8 Å². The second-order valence-electron chi connectivity index (χ2n) is 10.5. The number of carbonyl (C=O) groups is 2. The van der Waals surface area contributed by atoms with Crippen molar-refractivity contribution >= 4 is 27.5 Å². The van der Waals surface area contributed by atoms with Gasteiger partial charge >= 0.3 is 0 Å². The van der Waals surface area contributed by atoms with E-state index in [9.17, 15) is 22.4 Å². The Morgan fingerprint density at radius 2 is 1.46 bits per heavy atom. The van der Waals surface area contributed by atoms with E-state index in [1.165, 1.54) is 29.2 Å². The first kappa shape index (κ1) is 31.8. The molecule has 3 aromatic rings. The lowest BCUT2D eigenvalue weighted by Crippen LogP contribution is -2.53. The van der Waals surface area contributed by atoms with Crippen molar-refractivity contribution in [2.75, 3.05) is 10.8 Å². The lowest BCUT2D eigenvalue weighted by molar-refractivity contribution is -0.140. The molecule has 7 nitrogen and oxygen atoms in total. The fourth-order valence-electron chi connectivity index (χ4n) is 4.42. The van der Waals surface area contributed by atoms with E-state index in [0.717, 1.165) is 9.87 Å². The molecule has 2 atom stereocenters. The predicted octanol–water partition coefficient (Wildman–Crippen LogP) is 5.87. The molecule has 0 heterocycles. The maximum atomic E-state index is 14.1. The maximum Gasteiger partial charge on any atom is 0.264 e. The van der Waals surface area contributed by atoms with Gasteiger partial charge in [0.2, 0.25) is 11.8 Å². The molecule has 220 valence electrons. The lowest BCUT2D eigenvalue weighted by atomic mass is 10.0. The van der Waals surface area contributed by atoms with Gasteiger partial charge in [0.15, 0.2) is 0 Å². The summed E-state index contributed by atoms with van der Waals surface area (Å²) < 4.78 is 42.5. The molecule has 2 amide bonds. The Hall–Kier alpha value is -3.72. The van der Waals surface area contributed by atoms with Crippen LogP contribution in [0.4, 0.5) is 10.1 Å². The zero-order valence-corrected chi connectivity index (χ0v) is 25.2. The summed E-state index contributed by atoms with van der Waals surface area (Å²) in [5, 5.41) is 2.94. The molecule has 0 aliphatic heterocycles. The van der Waals surface area contributed by atoms with Crippen molar-refractivity contribution in [3.63, 3.8) is 0 Å². The van der Waals surface area contributed by atoms with Crippen LogP contribution in [0.1, 0.15) is 64.5 Å².